The molecule has 1 aromatic rings. The zero-order chi connectivity index (χ0) is 13.3. The molecule has 1 aliphatic heterocycles. The maximum Gasteiger partial charge on any atom is 0.196 e. The van der Waals surface area contributed by atoms with E-state index in [9.17, 15) is 4.79 Å². The Labute approximate surface area is 109 Å². The van der Waals surface area contributed by atoms with Crippen LogP contribution in [0.5, 0.6) is 0 Å². The van der Waals surface area contributed by atoms with Gasteiger partial charge in [-0.3, -0.25) is 4.79 Å². The molecule has 3 heteroatoms. The first kappa shape index (κ1) is 13.2. The summed E-state index contributed by atoms with van der Waals surface area (Å²) < 4.78 is 5.58. The number of hydrogen-bond donors (Lipinski definition) is 0. The van der Waals surface area contributed by atoms with Crippen LogP contribution in [0, 0.1) is 11.3 Å². The summed E-state index contributed by atoms with van der Waals surface area (Å²) in [6.45, 7) is 10.5. The lowest BCUT2D eigenvalue weighted by Crippen LogP contribution is -2.37. The van der Waals surface area contributed by atoms with Crippen LogP contribution in [0.2, 0.25) is 0 Å². The van der Waals surface area contributed by atoms with E-state index in [0.717, 1.165) is 24.9 Å². The fourth-order valence-corrected chi connectivity index (χ4v) is 2.65. The summed E-state index contributed by atoms with van der Waals surface area (Å²) in [6, 6.07) is 3.68. The highest BCUT2D eigenvalue weighted by Gasteiger charge is 2.29. The van der Waals surface area contributed by atoms with E-state index in [0.29, 0.717) is 11.2 Å². The predicted octanol–water partition coefficient (Wildman–Crippen LogP) is 3.74. The number of furan rings is 1. The van der Waals surface area contributed by atoms with Gasteiger partial charge in [0, 0.05) is 26.1 Å². The molecule has 0 bridgehead atoms. The monoisotopic (exact) mass is 249 g/mol. The topological polar surface area (TPSA) is 33.5 Å². The van der Waals surface area contributed by atoms with Crippen molar-refractivity contribution < 1.29 is 9.21 Å². The second-order valence-electron chi connectivity index (χ2n) is 6.32. The average molecular weight is 249 g/mol. The average Bonchev–Trinajstić information content (AvgIpc) is 2.77. The van der Waals surface area contributed by atoms with E-state index < -0.39 is 0 Å². The van der Waals surface area contributed by atoms with E-state index in [2.05, 4.69) is 25.7 Å². The Bertz CT molecular complexity index is 420. The van der Waals surface area contributed by atoms with Crippen molar-refractivity contribution in [2.45, 2.75) is 40.5 Å². The Kier molecular flexibility index (Phi) is 3.51. The fourth-order valence-electron chi connectivity index (χ4n) is 2.65. The SMILES string of the molecule is CC(=O)c1ccc(N2CCC(C(C)(C)C)CC2)o1. The van der Waals surface area contributed by atoms with E-state index in [1.54, 1.807) is 6.07 Å². The number of anilines is 1. The molecule has 0 N–H and O–H groups in total. The van der Waals surface area contributed by atoms with Gasteiger partial charge in [-0.2, -0.15) is 0 Å². The van der Waals surface area contributed by atoms with Crippen LogP contribution in [0.1, 0.15) is 51.1 Å². The lowest BCUT2D eigenvalue weighted by atomic mass is 9.75. The molecule has 1 fully saturated rings. The number of ketones is 1. The zero-order valence-electron chi connectivity index (χ0n) is 11.8. The standard InChI is InChI=1S/C15H23NO2/c1-11(17)13-5-6-14(18-13)16-9-7-12(8-10-16)15(2,3)4/h5-6,12H,7-10H2,1-4H3. The van der Waals surface area contributed by atoms with E-state index in [-0.39, 0.29) is 5.78 Å². The molecule has 1 saturated heterocycles. The van der Waals surface area contributed by atoms with Crippen molar-refractivity contribution in [3.05, 3.63) is 17.9 Å². The molecule has 0 radical (unpaired) electrons. The number of piperidine rings is 1. The van der Waals surface area contributed by atoms with Crippen LogP contribution >= 0.6 is 0 Å². The minimum Gasteiger partial charge on any atom is -0.437 e. The summed E-state index contributed by atoms with van der Waals surface area (Å²) in [4.78, 5) is 13.5. The van der Waals surface area contributed by atoms with Gasteiger partial charge in [0.1, 0.15) is 0 Å². The van der Waals surface area contributed by atoms with Crippen molar-refractivity contribution >= 4 is 11.7 Å². The van der Waals surface area contributed by atoms with Crippen LogP contribution in [0.25, 0.3) is 0 Å². The summed E-state index contributed by atoms with van der Waals surface area (Å²) in [5, 5.41) is 0. The summed E-state index contributed by atoms with van der Waals surface area (Å²) in [6.07, 6.45) is 2.39. The number of carbonyl (C=O) groups excluding carboxylic acids is 1. The molecule has 2 rings (SSSR count). The maximum atomic E-state index is 11.2. The lowest BCUT2D eigenvalue weighted by Gasteiger charge is -2.38. The maximum absolute atomic E-state index is 11.2. The van der Waals surface area contributed by atoms with Crippen molar-refractivity contribution in [1.29, 1.82) is 0 Å². The van der Waals surface area contributed by atoms with E-state index in [4.69, 9.17) is 4.42 Å². The van der Waals surface area contributed by atoms with Crippen LogP contribution < -0.4 is 4.90 Å². The highest BCUT2D eigenvalue weighted by atomic mass is 16.4. The second-order valence-corrected chi connectivity index (χ2v) is 6.32. The van der Waals surface area contributed by atoms with Crippen LogP contribution in [0.4, 0.5) is 5.88 Å². The predicted molar refractivity (Wildman–Crippen MR) is 73.1 cm³/mol. The van der Waals surface area contributed by atoms with Gasteiger partial charge in [-0.25, -0.2) is 0 Å². The normalized spacial score (nSPS) is 18.1. The van der Waals surface area contributed by atoms with Crippen molar-refractivity contribution in [1.82, 2.24) is 0 Å². The molecule has 100 valence electrons. The Morgan fingerprint density at radius 1 is 1.28 bits per heavy atom. The van der Waals surface area contributed by atoms with E-state index in [1.165, 1.54) is 19.8 Å². The molecular formula is C15H23NO2. The van der Waals surface area contributed by atoms with Crippen molar-refractivity contribution in [2.24, 2.45) is 11.3 Å². The number of Topliss-reactive ketones (excluding diaryl/α,β-unsaturated/α-hetero) is 1. The molecule has 0 spiro atoms. The molecule has 2 heterocycles. The Morgan fingerprint density at radius 2 is 1.89 bits per heavy atom. The van der Waals surface area contributed by atoms with Gasteiger partial charge in [0.05, 0.1) is 0 Å². The number of rotatable bonds is 2. The first-order valence-corrected chi connectivity index (χ1v) is 6.73. The van der Waals surface area contributed by atoms with E-state index >= 15 is 0 Å². The highest BCUT2D eigenvalue weighted by Crippen LogP contribution is 2.35. The summed E-state index contributed by atoms with van der Waals surface area (Å²) >= 11 is 0. The van der Waals surface area contributed by atoms with Gasteiger partial charge >= 0.3 is 0 Å². The summed E-state index contributed by atoms with van der Waals surface area (Å²) in [5.41, 5.74) is 0.389. The van der Waals surface area contributed by atoms with Gasteiger partial charge < -0.3 is 9.32 Å². The Hall–Kier alpha value is -1.25. The Morgan fingerprint density at radius 3 is 2.33 bits per heavy atom. The van der Waals surface area contributed by atoms with Gasteiger partial charge in [0.15, 0.2) is 17.4 Å². The van der Waals surface area contributed by atoms with Gasteiger partial charge in [0.25, 0.3) is 0 Å². The molecular weight excluding hydrogens is 226 g/mol. The molecule has 0 aliphatic carbocycles. The number of nitrogens with zero attached hydrogens (tertiary/aromatic N) is 1. The fraction of sp³-hybridized carbons (Fsp3) is 0.667. The van der Waals surface area contributed by atoms with Crippen LogP contribution in [0.3, 0.4) is 0 Å². The third-order valence-electron chi connectivity index (χ3n) is 3.97. The highest BCUT2D eigenvalue weighted by molar-refractivity contribution is 5.91. The molecule has 0 unspecified atom stereocenters. The smallest absolute Gasteiger partial charge is 0.196 e. The minimum atomic E-state index is -0.00849. The van der Waals surface area contributed by atoms with E-state index in [1.807, 2.05) is 6.07 Å². The van der Waals surface area contributed by atoms with Crippen LogP contribution in [0.15, 0.2) is 16.5 Å². The van der Waals surface area contributed by atoms with Crippen molar-refractivity contribution in [3.63, 3.8) is 0 Å². The first-order chi connectivity index (χ1) is 8.38. The number of hydrogen-bond acceptors (Lipinski definition) is 3. The number of carbonyl (C=O) groups is 1. The van der Waals surface area contributed by atoms with Crippen molar-refractivity contribution in [2.75, 3.05) is 18.0 Å². The first-order valence-electron chi connectivity index (χ1n) is 6.73. The molecule has 0 aromatic carbocycles. The molecule has 0 amide bonds. The van der Waals surface area contributed by atoms with Gasteiger partial charge in [-0.15, -0.1) is 0 Å². The molecule has 3 nitrogen and oxygen atoms in total. The largest absolute Gasteiger partial charge is 0.437 e. The molecule has 0 saturated carbocycles. The third-order valence-corrected chi connectivity index (χ3v) is 3.97. The summed E-state index contributed by atoms with van der Waals surface area (Å²) in [7, 11) is 0. The molecule has 18 heavy (non-hydrogen) atoms. The molecule has 0 atom stereocenters. The van der Waals surface area contributed by atoms with Gasteiger partial charge in [-0.1, -0.05) is 20.8 Å². The lowest BCUT2D eigenvalue weighted by molar-refractivity contribution is 0.0987. The summed E-state index contributed by atoms with van der Waals surface area (Å²) in [5.74, 6) is 2.07. The third kappa shape index (κ3) is 2.77. The molecule has 1 aliphatic rings. The Balaban J connectivity index is 1.99. The van der Waals surface area contributed by atoms with Gasteiger partial charge in [0.2, 0.25) is 0 Å². The second kappa shape index (κ2) is 4.79. The quantitative estimate of drug-likeness (QED) is 0.748. The molecule has 1 aromatic heterocycles. The van der Waals surface area contributed by atoms with Gasteiger partial charge in [-0.05, 0) is 30.2 Å². The zero-order valence-corrected chi connectivity index (χ0v) is 11.8. The van der Waals surface area contributed by atoms with Crippen LogP contribution in [-0.4, -0.2) is 18.9 Å². The van der Waals surface area contributed by atoms with Crippen molar-refractivity contribution in [3.8, 4) is 0 Å². The van der Waals surface area contributed by atoms with Crippen LogP contribution in [-0.2, 0) is 0 Å². The minimum absolute atomic E-state index is 0.00849.